The van der Waals surface area contributed by atoms with E-state index in [2.05, 4.69) is 6.07 Å². The molecular weight excluding hydrogens is 383 g/mol. The lowest BCUT2D eigenvalue weighted by Gasteiger charge is -2.34. The van der Waals surface area contributed by atoms with Gasteiger partial charge in [-0.05, 0) is 31.4 Å². The maximum Gasteiger partial charge on any atom is 0.416 e. The molecule has 4 nitrogen and oxygen atoms in total. The van der Waals surface area contributed by atoms with E-state index in [4.69, 9.17) is 4.74 Å². The van der Waals surface area contributed by atoms with E-state index in [-0.39, 0.29) is 5.91 Å². The molecule has 0 radical (unpaired) electrons. The summed E-state index contributed by atoms with van der Waals surface area (Å²) in [6.45, 7) is 5.84. The quantitative estimate of drug-likeness (QED) is 0.683. The van der Waals surface area contributed by atoms with Crippen molar-refractivity contribution in [2.75, 3.05) is 6.54 Å². The third-order valence-electron chi connectivity index (χ3n) is 4.43. The topological polar surface area (TPSA) is 46.6 Å². The van der Waals surface area contributed by atoms with Crippen LogP contribution in [0.25, 0.3) is 0 Å². The Balaban J connectivity index is 0.000000253. The Morgan fingerprint density at radius 1 is 0.931 bits per heavy atom. The first-order valence-corrected chi connectivity index (χ1v) is 9.18. The zero-order valence-corrected chi connectivity index (χ0v) is 16.6. The molecule has 1 amide bonds. The summed E-state index contributed by atoms with van der Waals surface area (Å²) in [6, 6.07) is 14.5. The van der Waals surface area contributed by atoms with Gasteiger partial charge in [-0.15, -0.1) is 0 Å². The molecule has 0 unspecified atom stereocenters. The number of esters is 1. The summed E-state index contributed by atoms with van der Waals surface area (Å²) in [4.78, 5) is 25.2. The predicted octanol–water partition coefficient (Wildman–Crippen LogP) is 4.62. The molecular formula is C22H24F3NO3. The van der Waals surface area contributed by atoms with Crippen molar-refractivity contribution in [3.05, 3.63) is 71.3 Å². The minimum Gasteiger partial charge on any atom is -0.450 e. The molecule has 2 aromatic carbocycles. The number of amides is 1. The Labute approximate surface area is 168 Å². The van der Waals surface area contributed by atoms with E-state index in [0.717, 1.165) is 18.6 Å². The van der Waals surface area contributed by atoms with Gasteiger partial charge in [-0.1, -0.05) is 54.6 Å². The molecule has 0 saturated carbocycles. The lowest BCUT2D eigenvalue weighted by molar-refractivity contribution is -0.169. The summed E-state index contributed by atoms with van der Waals surface area (Å²) >= 11 is 0. The number of nitrogens with zero attached hydrogens (tertiary/aromatic N) is 1. The van der Waals surface area contributed by atoms with Crippen molar-refractivity contribution in [3.63, 3.8) is 0 Å². The van der Waals surface area contributed by atoms with Gasteiger partial charge in [-0.25, -0.2) is 0 Å². The monoisotopic (exact) mass is 407 g/mol. The molecule has 29 heavy (non-hydrogen) atoms. The highest BCUT2D eigenvalue weighted by atomic mass is 19.4. The Bertz CT molecular complexity index is 848. The van der Waals surface area contributed by atoms with Gasteiger partial charge in [-0.2, -0.15) is 13.2 Å². The van der Waals surface area contributed by atoms with Gasteiger partial charge >= 0.3 is 12.1 Å². The van der Waals surface area contributed by atoms with E-state index in [1.807, 2.05) is 18.2 Å². The van der Waals surface area contributed by atoms with E-state index in [1.54, 1.807) is 24.8 Å². The first kappa shape index (κ1) is 22.5. The zero-order valence-electron chi connectivity index (χ0n) is 16.6. The molecule has 3 rings (SSSR count). The molecule has 0 fully saturated rings. The smallest absolute Gasteiger partial charge is 0.416 e. The van der Waals surface area contributed by atoms with Gasteiger partial charge in [0.15, 0.2) is 5.60 Å². The van der Waals surface area contributed by atoms with Crippen LogP contribution in [-0.2, 0) is 33.5 Å². The van der Waals surface area contributed by atoms with E-state index in [9.17, 15) is 22.8 Å². The minimum absolute atomic E-state index is 0.141. The average Bonchev–Trinajstić information content (AvgIpc) is 2.66. The molecule has 7 heteroatoms. The van der Waals surface area contributed by atoms with Crippen molar-refractivity contribution in [1.29, 1.82) is 0 Å². The molecule has 0 atom stereocenters. The van der Waals surface area contributed by atoms with Crippen molar-refractivity contribution >= 4 is 11.9 Å². The summed E-state index contributed by atoms with van der Waals surface area (Å²) in [6.07, 6.45) is -3.36. The van der Waals surface area contributed by atoms with Crippen LogP contribution in [0.5, 0.6) is 0 Å². The fourth-order valence-corrected chi connectivity index (χ4v) is 3.08. The maximum atomic E-state index is 12.4. The number of alkyl halides is 3. The van der Waals surface area contributed by atoms with Crippen LogP contribution in [0.4, 0.5) is 13.2 Å². The van der Waals surface area contributed by atoms with Gasteiger partial charge < -0.3 is 9.64 Å². The van der Waals surface area contributed by atoms with E-state index in [1.165, 1.54) is 30.2 Å². The summed E-state index contributed by atoms with van der Waals surface area (Å²) in [7, 11) is 0. The lowest BCUT2D eigenvalue weighted by Crippen LogP contribution is -2.49. The first-order valence-electron chi connectivity index (χ1n) is 9.18. The molecule has 0 aromatic heterocycles. The van der Waals surface area contributed by atoms with Crippen LogP contribution in [0.2, 0.25) is 0 Å². The molecule has 2 aromatic rings. The van der Waals surface area contributed by atoms with Gasteiger partial charge in [0.25, 0.3) is 5.91 Å². The molecule has 0 N–H and O–H groups in total. The summed E-state index contributed by atoms with van der Waals surface area (Å²) < 4.78 is 40.5. The van der Waals surface area contributed by atoms with Gasteiger partial charge in [-0.3, -0.25) is 9.59 Å². The number of halogens is 3. The summed E-state index contributed by atoms with van der Waals surface area (Å²) in [5, 5.41) is 0. The number of ether oxygens (including phenoxy) is 1. The van der Waals surface area contributed by atoms with E-state index in [0.29, 0.717) is 13.1 Å². The highest BCUT2D eigenvalue weighted by Crippen LogP contribution is 2.28. The number of hydrogen-bond donors (Lipinski definition) is 0. The highest BCUT2D eigenvalue weighted by Gasteiger charge is 2.36. The van der Waals surface area contributed by atoms with Crippen molar-refractivity contribution < 1.29 is 27.5 Å². The van der Waals surface area contributed by atoms with Crippen LogP contribution in [0.1, 0.15) is 37.5 Å². The van der Waals surface area contributed by atoms with Crippen LogP contribution in [0.3, 0.4) is 0 Å². The minimum atomic E-state index is -4.21. The molecule has 0 spiro atoms. The highest BCUT2D eigenvalue weighted by molar-refractivity contribution is 5.87. The number of carbonyl (C=O) groups excluding carboxylic acids is 2. The number of rotatable bonds is 2. The second-order valence-electron chi connectivity index (χ2n) is 7.21. The van der Waals surface area contributed by atoms with Crippen LogP contribution >= 0.6 is 0 Å². The maximum absolute atomic E-state index is 12.4. The molecule has 156 valence electrons. The van der Waals surface area contributed by atoms with Crippen LogP contribution in [0, 0.1) is 0 Å². The van der Waals surface area contributed by atoms with Gasteiger partial charge in [0.05, 0.1) is 5.56 Å². The number of benzene rings is 2. The molecule has 0 aliphatic carbocycles. The SMILES string of the molecule is CC(=O)OC(C)(C)C(=O)N1CCc2ccccc2C1.FC(F)(F)c1ccccc1. The summed E-state index contributed by atoms with van der Waals surface area (Å²) in [5.74, 6) is -0.576. The first-order chi connectivity index (χ1) is 13.5. The largest absolute Gasteiger partial charge is 0.450 e. The Kier molecular flexibility index (Phi) is 7.06. The van der Waals surface area contributed by atoms with Gasteiger partial charge in [0.2, 0.25) is 0 Å². The van der Waals surface area contributed by atoms with Crippen LogP contribution in [-0.4, -0.2) is 28.9 Å². The second kappa shape index (κ2) is 9.11. The Hall–Kier alpha value is -2.83. The van der Waals surface area contributed by atoms with Crippen molar-refractivity contribution in [2.45, 2.75) is 45.5 Å². The molecule has 0 saturated heterocycles. The lowest BCUT2D eigenvalue weighted by atomic mass is 9.98. The van der Waals surface area contributed by atoms with Crippen molar-refractivity contribution in [2.24, 2.45) is 0 Å². The van der Waals surface area contributed by atoms with Gasteiger partial charge in [0, 0.05) is 20.0 Å². The molecule has 0 bridgehead atoms. The number of carbonyl (C=O) groups is 2. The fraction of sp³-hybridized carbons (Fsp3) is 0.364. The van der Waals surface area contributed by atoms with Crippen LogP contribution in [0.15, 0.2) is 54.6 Å². The molecule has 1 heterocycles. The Morgan fingerprint density at radius 3 is 2.00 bits per heavy atom. The van der Waals surface area contributed by atoms with E-state index < -0.39 is 23.3 Å². The normalized spacial score (nSPS) is 13.7. The number of hydrogen-bond acceptors (Lipinski definition) is 3. The Morgan fingerprint density at radius 2 is 1.48 bits per heavy atom. The average molecular weight is 407 g/mol. The number of fused-ring (bicyclic) bond motifs is 1. The third kappa shape index (κ3) is 6.34. The van der Waals surface area contributed by atoms with Crippen LogP contribution < -0.4 is 0 Å². The van der Waals surface area contributed by atoms with Gasteiger partial charge in [0.1, 0.15) is 0 Å². The second-order valence-corrected chi connectivity index (χ2v) is 7.21. The molecule has 1 aliphatic heterocycles. The van der Waals surface area contributed by atoms with Crippen molar-refractivity contribution in [3.8, 4) is 0 Å². The third-order valence-corrected chi connectivity index (χ3v) is 4.43. The zero-order chi connectivity index (χ0) is 21.7. The van der Waals surface area contributed by atoms with E-state index >= 15 is 0 Å². The standard InChI is InChI=1S/C15H19NO3.C7H5F3/c1-11(17)19-15(2,3)14(18)16-9-8-12-6-4-5-7-13(12)10-16;8-7(9,10)6-4-2-1-3-5-6/h4-7H,8-10H2,1-3H3;1-5H. The predicted molar refractivity (Wildman–Crippen MR) is 103 cm³/mol. The van der Waals surface area contributed by atoms with Crippen molar-refractivity contribution in [1.82, 2.24) is 4.90 Å². The molecule has 1 aliphatic rings. The fourth-order valence-electron chi connectivity index (χ4n) is 3.08. The summed E-state index contributed by atoms with van der Waals surface area (Å²) in [5.41, 5.74) is 0.755.